The van der Waals surface area contributed by atoms with Gasteiger partial charge >= 0.3 is 6.03 Å². The molecule has 1 atom stereocenters. The summed E-state index contributed by atoms with van der Waals surface area (Å²) in [5, 5.41) is 3.08. The predicted octanol–water partition coefficient (Wildman–Crippen LogP) is 3.83. The van der Waals surface area contributed by atoms with Gasteiger partial charge in [0.25, 0.3) is 0 Å². The summed E-state index contributed by atoms with van der Waals surface area (Å²) < 4.78 is 0. The highest BCUT2D eigenvalue weighted by Gasteiger charge is 2.25. The molecule has 3 N–H and O–H groups in total. The third-order valence-electron chi connectivity index (χ3n) is 4.87. The van der Waals surface area contributed by atoms with Gasteiger partial charge in [-0.05, 0) is 29.9 Å². The lowest BCUT2D eigenvalue weighted by atomic mass is 9.79. The molecule has 0 heterocycles. The van der Waals surface area contributed by atoms with Crippen molar-refractivity contribution in [2.24, 2.45) is 5.73 Å². The van der Waals surface area contributed by atoms with Crippen LogP contribution in [-0.2, 0) is 16.8 Å². The van der Waals surface area contributed by atoms with Crippen molar-refractivity contribution < 1.29 is 9.59 Å². The van der Waals surface area contributed by atoms with Crippen LogP contribution in [0.15, 0.2) is 60.7 Å². The Balaban J connectivity index is 2.01. The van der Waals surface area contributed by atoms with Crippen molar-refractivity contribution in [3.63, 3.8) is 0 Å². The largest absolute Gasteiger partial charge is 0.370 e. The number of nitrogens with one attached hydrogen (secondary N) is 1. The number of nitrogens with two attached hydrogens (primary N) is 1. The number of amides is 3. The van der Waals surface area contributed by atoms with E-state index in [2.05, 4.69) is 31.3 Å². The highest BCUT2D eigenvalue weighted by molar-refractivity contribution is 5.77. The second-order valence-electron chi connectivity index (χ2n) is 7.93. The molecule has 0 fully saturated rings. The SMILES string of the molecule is CC(CC(C)(C)c1ccccc1)NC(=O)N(CCC(N)=O)Cc1ccccc1. The molecular formula is C23H31N3O2. The Morgan fingerprint density at radius 2 is 1.61 bits per heavy atom. The fourth-order valence-electron chi connectivity index (χ4n) is 3.43. The summed E-state index contributed by atoms with van der Waals surface area (Å²) in [4.78, 5) is 25.7. The quantitative estimate of drug-likeness (QED) is 0.693. The number of nitrogens with zero attached hydrogens (tertiary/aromatic N) is 1. The van der Waals surface area contributed by atoms with Gasteiger partial charge in [0.05, 0.1) is 0 Å². The first-order valence-corrected chi connectivity index (χ1v) is 9.71. The number of benzene rings is 2. The number of hydrogen-bond donors (Lipinski definition) is 2. The fourth-order valence-corrected chi connectivity index (χ4v) is 3.43. The van der Waals surface area contributed by atoms with Crippen LogP contribution in [0, 0.1) is 0 Å². The lowest BCUT2D eigenvalue weighted by Crippen LogP contribution is -2.46. The van der Waals surface area contributed by atoms with Gasteiger partial charge in [0, 0.05) is 25.6 Å². The van der Waals surface area contributed by atoms with Gasteiger partial charge in [0.15, 0.2) is 0 Å². The van der Waals surface area contributed by atoms with E-state index >= 15 is 0 Å². The van der Waals surface area contributed by atoms with Crippen molar-refractivity contribution in [2.75, 3.05) is 6.54 Å². The van der Waals surface area contributed by atoms with Gasteiger partial charge in [-0.2, -0.15) is 0 Å². The molecule has 0 aliphatic carbocycles. The van der Waals surface area contributed by atoms with Crippen LogP contribution in [0.4, 0.5) is 4.79 Å². The molecule has 0 spiro atoms. The van der Waals surface area contributed by atoms with E-state index in [0.717, 1.165) is 12.0 Å². The molecule has 0 aliphatic heterocycles. The van der Waals surface area contributed by atoms with Gasteiger partial charge in [-0.3, -0.25) is 4.79 Å². The fraction of sp³-hybridized carbons (Fsp3) is 0.391. The summed E-state index contributed by atoms with van der Waals surface area (Å²) in [6, 6.07) is 19.8. The molecule has 0 saturated carbocycles. The number of carbonyl (C=O) groups excluding carboxylic acids is 2. The minimum Gasteiger partial charge on any atom is -0.370 e. The third kappa shape index (κ3) is 6.72. The van der Waals surface area contributed by atoms with Crippen LogP contribution in [0.25, 0.3) is 0 Å². The highest BCUT2D eigenvalue weighted by atomic mass is 16.2. The van der Waals surface area contributed by atoms with Gasteiger partial charge in [0.1, 0.15) is 0 Å². The van der Waals surface area contributed by atoms with Crippen molar-refractivity contribution in [1.29, 1.82) is 0 Å². The molecule has 2 aromatic carbocycles. The molecule has 3 amide bonds. The van der Waals surface area contributed by atoms with Crippen LogP contribution < -0.4 is 11.1 Å². The smallest absolute Gasteiger partial charge is 0.317 e. The Hall–Kier alpha value is -2.82. The molecule has 28 heavy (non-hydrogen) atoms. The highest BCUT2D eigenvalue weighted by Crippen LogP contribution is 2.28. The first kappa shape index (κ1) is 21.5. The molecule has 0 bridgehead atoms. The molecule has 150 valence electrons. The minimum atomic E-state index is -0.413. The Kier molecular flexibility index (Phi) is 7.61. The van der Waals surface area contributed by atoms with Crippen molar-refractivity contribution >= 4 is 11.9 Å². The van der Waals surface area contributed by atoms with Crippen LogP contribution >= 0.6 is 0 Å². The lowest BCUT2D eigenvalue weighted by molar-refractivity contribution is -0.118. The van der Waals surface area contributed by atoms with E-state index in [4.69, 9.17) is 5.73 Å². The number of urea groups is 1. The van der Waals surface area contributed by atoms with Crippen LogP contribution in [0.2, 0.25) is 0 Å². The van der Waals surface area contributed by atoms with E-state index in [-0.39, 0.29) is 23.9 Å². The van der Waals surface area contributed by atoms with Crippen LogP contribution in [-0.4, -0.2) is 29.4 Å². The van der Waals surface area contributed by atoms with Gasteiger partial charge < -0.3 is 16.0 Å². The third-order valence-corrected chi connectivity index (χ3v) is 4.87. The molecular weight excluding hydrogens is 350 g/mol. The number of primary amides is 1. The maximum absolute atomic E-state index is 12.9. The van der Waals surface area contributed by atoms with E-state index in [1.807, 2.05) is 55.5 Å². The number of rotatable bonds is 9. The van der Waals surface area contributed by atoms with Crippen LogP contribution in [0.1, 0.15) is 44.7 Å². The molecule has 1 unspecified atom stereocenters. The van der Waals surface area contributed by atoms with Gasteiger partial charge in [-0.25, -0.2) is 4.79 Å². The Morgan fingerprint density at radius 3 is 2.18 bits per heavy atom. The molecule has 0 aliphatic rings. The molecule has 0 saturated heterocycles. The molecule has 0 aromatic heterocycles. The van der Waals surface area contributed by atoms with Crippen molar-refractivity contribution in [1.82, 2.24) is 10.2 Å². The van der Waals surface area contributed by atoms with E-state index in [1.54, 1.807) is 4.90 Å². The zero-order valence-electron chi connectivity index (χ0n) is 17.0. The standard InChI is InChI=1S/C23H31N3O2/c1-18(16-23(2,3)20-12-8-5-9-13-20)25-22(28)26(15-14-21(24)27)17-19-10-6-4-7-11-19/h4-13,18H,14-17H2,1-3H3,(H2,24,27)(H,25,28). The summed E-state index contributed by atoms with van der Waals surface area (Å²) >= 11 is 0. The topological polar surface area (TPSA) is 75.4 Å². The Morgan fingerprint density at radius 1 is 1.04 bits per heavy atom. The molecule has 5 nitrogen and oxygen atoms in total. The first-order chi connectivity index (χ1) is 13.3. The second-order valence-corrected chi connectivity index (χ2v) is 7.93. The van der Waals surface area contributed by atoms with Crippen molar-refractivity contribution in [3.05, 3.63) is 71.8 Å². The first-order valence-electron chi connectivity index (χ1n) is 9.71. The van der Waals surface area contributed by atoms with E-state index in [9.17, 15) is 9.59 Å². The molecule has 0 radical (unpaired) electrons. The van der Waals surface area contributed by atoms with Crippen molar-refractivity contribution in [3.8, 4) is 0 Å². The Bertz CT molecular complexity index is 760. The summed E-state index contributed by atoms with van der Waals surface area (Å²) in [5.41, 5.74) is 7.48. The van der Waals surface area contributed by atoms with Crippen LogP contribution in [0.5, 0.6) is 0 Å². The average Bonchev–Trinajstić information content (AvgIpc) is 2.66. The van der Waals surface area contributed by atoms with E-state index < -0.39 is 5.91 Å². The molecule has 2 aromatic rings. The van der Waals surface area contributed by atoms with Crippen LogP contribution in [0.3, 0.4) is 0 Å². The molecule has 5 heteroatoms. The summed E-state index contributed by atoms with van der Waals surface area (Å²) in [5.74, 6) is -0.413. The maximum atomic E-state index is 12.9. The number of carbonyl (C=O) groups is 2. The minimum absolute atomic E-state index is 0.0189. The van der Waals surface area contributed by atoms with E-state index in [1.165, 1.54) is 5.56 Å². The monoisotopic (exact) mass is 381 g/mol. The lowest BCUT2D eigenvalue weighted by Gasteiger charge is -2.31. The molecule has 2 rings (SSSR count). The summed E-state index contributed by atoms with van der Waals surface area (Å²) in [7, 11) is 0. The number of hydrogen-bond acceptors (Lipinski definition) is 2. The second kappa shape index (κ2) is 9.93. The zero-order chi connectivity index (χ0) is 20.6. The van der Waals surface area contributed by atoms with Gasteiger partial charge in [0.2, 0.25) is 5.91 Å². The summed E-state index contributed by atoms with van der Waals surface area (Å²) in [6.45, 7) is 7.11. The summed E-state index contributed by atoms with van der Waals surface area (Å²) in [6.07, 6.45) is 0.946. The van der Waals surface area contributed by atoms with Crippen molar-refractivity contribution in [2.45, 2.75) is 51.6 Å². The van der Waals surface area contributed by atoms with E-state index in [0.29, 0.717) is 13.1 Å². The zero-order valence-corrected chi connectivity index (χ0v) is 17.0. The van der Waals surface area contributed by atoms with Gasteiger partial charge in [-0.1, -0.05) is 74.5 Å². The van der Waals surface area contributed by atoms with Gasteiger partial charge in [-0.15, -0.1) is 0 Å². The maximum Gasteiger partial charge on any atom is 0.317 e. The predicted molar refractivity (Wildman–Crippen MR) is 113 cm³/mol. The average molecular weight is 382 g/mol. The Labute approximate surface area is 167 Å². The normalized spacial score (nSPS) is 12.2.